The van der Waals surface area contributed by atoms with Gasteiger partial charge in [0, 0.05) is 60.3 Å². The van der Waals surface area contributed by atoms with Crippen LogP contribution in [-0.2, 0) is 18.9 Å². The van der Waals surface area contributed by atoms with Gasteiger partial charge in [0.1, 0.15) is 0 Å². The van der Waals surface area contributed by atoms with Gasteiger partial charge in [0.25, 0.3) is 0 Å². The van der Waals surface area contributed by atoms with Crippen LogP contribution in [-0.4, -0.2) is 79.5 Å². The molecule has 0 atom stereocenters. The maximum absolute atomic E-state index is 5.76. The Hall–Kier alpha value is -0.890. The van der Waals surface area contributed by atoms with Crippen LogP contribution in [0.3, 0.4) is 0 Å². The van der Waals surface area contributed by atoms with E-state index in [0.29, 0.717) is 19.1 Å². The molecule has 7 heteroatoms. The summed E-state index contributed by atoms with van der Waals surface area (Å²) >= 11 is 0. The van der Waals surface area contributed by atoms with E-state index >= 15 is 0 Å². The Balaban J connectivity index is 1.87. The van der Waals surface area contributed by atoms with Crippen LogP contribution in [0.1, 0.15) is 32.1 Å². The summed E-state index contributed by atoms with van der Waals surface area (Å²) in [6, 6.07) is 0. The smallest absolute Gasteiger partial charge is 0.190 e. The van der Waals surface area contributed by atoms with Gasteiger partial charge >= 0.3 is 0 Å². The molecule has 0 spiro atoms. The highest BCUT2D eigenvalue weighted by Crippen LogP contribution is 2.14. The largest absolute Gasteiger partial charge is 0.382 e. The van der Waals surface area contributed by atoms with Crippen LogP contribution in [0.15, 0.2) is 4.99 Å². The average molecular weight is 360 g/mol. The molecule has 0 aliphatic carbocycles. The summed E-state index contributed by atoms with van der Waals surface area (Å²) in [6.07, 6.45) is 5.34. The van der Waals surface area contributed by atoms with Crippen LogP contribution in [0, 0.1) is 5.92 Å². The molecule has 0 bridgehead atoms. The second-order valence-corrected chi connectivity index (χ2v) is 6.22. The summed E-state index contributed by atoms with van der Waals surface area (Å²) in [4.78, 5) is 4.23. The fraction of sp³-hybridized carbons (Fsp3) is 0.944. The summed E-state index contributed by atoms with van der Waals surface area (Å²) < 4.78 is 21.5. The number of nitrogens with zero attached hydrogens (tertiary/aromatic N) is 1. The number of methoxy groups -OCH3 is 1. The van der Waals surface area contributed by atoms with Crippen LogP contribution in [0.2, 0.25) is 0 Å². The predicted octanol–water partition coefficient (Wildman–Crippen LogP) is 1.43. The maximum atomic E-state index is 5.76. The summed E-state index contributed by atoms with van der Waals surface area (Å²) in [5.41, 5.74) is 0. The van der Waals surface area contributed by atoms with Crippen LogP contribution in [0.5, 0.6) is 0 Å². The predicted molar refractivity (Wildman–Crippen MR) is 100 cm³/mol. The van der Waals surface area contributed by atoms with Crippen molar-refractivity contribution >= 4 is 5.96 Å². The SMILES string of the molecule is CN=C(NCCCCOCCOC)NCCCOCC1CCOCC1. The third-order valence-electron chi connectivity index (χ3n) is 4.12. The van der Waals surface area contributed by atoms with Gasteiger partial charge in [-0.1, -0.05) is 0 Å². The van der Waals surface area contributed by atoms with Crippen molar-refractivity contribution in [3.8, 4) is 0 Å². The molecule has 1 heterocycles. The molecule has 0 aromatic carbocycles. The van der Waals surface area contributed by atoms with E-state index in [4.69, 9.17) is 18.9 Å². The summed E-state index contributed by atoms with van der Waals surface area (Å²) in [6.45, 7) is 7.30. The molecule has 1 aliphatic heterocycles. The fourth-order valence-electron chi connectivity index (χ4n) is 2.54. The molecule has 0 aromatic rings. The Morgan fingerprint density at radius 1 is 0.960 bits per heavy atom. The van der Waals surface area contributed by atoms with Gasteiger partial charge in [-0.2, -0.15) is 0 Å². The minimum atomic E-state index is 0.660. The Morgan fingerprint density at radius 3 is 2.40 bits per heavy atom. The molecule has 1 aliphatic rings. The molecule has 0 unspecified atom stereocenters. The molecule has 25 heavy (non-hydrogen) atoms. The van der Waals surface area contributed by atoms with Crippen molar-refractivity contribution in [2.45, 2.75) is 32.1 Å². The van der Waals surface area contributed by atoms with Gasteiger partial charge in [0.15, 0.2) is 5.96 Å². The Labute approximate surface area is 152 Å². The molecular weight excluding hydrogens is 322 g/mol. The van der Waals surface area contributed by atoms with Gasteiger partial charge in [-0.05, 0) is 38.0 Å². The summed E-state index contributed by atoms with van der Waals surface area (Å²) in [7, 11) is 3.48. The molecule has 0 saturated carbocycles. The van der Waals surface area contributed by atoms with E-state index in [2.05, 4.69) is 15.6 Å². The van der Waals surface area contributed by atoms with Crippen molar-refractivity contribution in [3.05, 3.63) is 0 Å². The summed E-state index contributed by atoms with van der Waals surface area (Å²) in [5.74, 6) is 1.53. The Bertz CT molecular complexity index is 323. The number of nitrogens with one attached hydrogen (secondary N) is 2. The van der Waals surface area contributed by atoms with Gasteiger partial charge in [-0.3, -0.25) is 4.99 Å². The van der Waals surface area contributed by atoms with E-state index in [1.807, 2.05) is 0 Å². The van der Waals surface area contributed by atoms with Gasteiger partial charge in [0.05, 0.1) is 13.2 Å². The molecule has 148 valence electrons. The van der Waals surface area contributed by atoms with Crippen molar-refractivity contribution in [2.75, 3.05) is 73.5 Å². The van der Waals surface area contributed by atoms with E-state index in [9.17, 15) is 0 Å². The van der Waals surface area contributed by atoms with E-state index in [1.165, 1.54) is 0 Å². The average Bonchev–Trinajstić information content (AvgIpc) is 2.65. The molecule has 7 nitrogen and oxygen atoms in total. The van der Waals surface area contributed by atoms with Crippen molar-refractivity contribution in [1.82, 2.24) is 10.6 Å². The highest BCUT2D eigenvalue weighted by Gasteiger charge is 2.13. The van der Waals surface area contributed by atoms with Crippen molar-refractivity contribution in [1.29, 1.82) is 0 Å². The zero-order valence-corrected chi connectivity index (χ0v) is 16.1. The van der Waals surface area contributed by atoms with E-state index in [1.54, 1.807) is 14.2 Å². The topological polar surface area (TPSA) is 73.3 Å². The van der Waals surface area contributed by atoms with Crippen LogP contribution in [0.25, 0.3) is 0 Å². The van der Waals surface area contributed by atoms with Gasteiger partial charge in [0.2, 0.25) is 0 Å². The molecular formula is C18H37N3O4. The van der Waals surface area contributed by atoms with E-state index in [-0.39, 0.29) is 0 Å². The second-order valence-electron chi connectivity index (χ2n) is 6.22. The number of guanidine groups is 1. The fourth-order valence-corrected chi connectivity index (χ4v) is 2.54. The minimum Gasteiger partial charge on any atom is -0.382 e. The third kappa shape index (κ3) is 13.0. The number of rotatable bonds is 14. The van der Waals surface area contributed by atoms with Crippen molar-refractivity contribution < 1.29 is 18.9 Å². The molecule has 0 aromatic heterocycles. The van der Waals surface area contributed by atoms with E-state index < -0.39 is 0 Å². The normalized spacial score (nSPS) is 16.2. The van der Waals surface area contributed by atoms with E-state index in [0.717, 1.165) is 84.2 Å². The highest BCUT2D eigenvalue weighted by molar-refractivity contribution is 5.79. The lowest BCUT2D eigenvalue weighted by molar-refractivity contribution is 0.0203. The first kappa shape index (κ1) is 22.2. The first-order valence-corrected chi connectivity index (χ1v) is 9.53. The zero-order valence-electron chi connectivity index (χ0n) is 16.1. The number of hydrogen-bond donors (Lipinski definition) is 2. The lowest BCUT2D eigenvalue weighted by atomic mass is 10.0. The van der Waals surface area contributed by atoms with Gasteiger partial charge in [-0.15, -0.1) is 0 Å². The molecule has 1 fully saturated rings. The first-order chi connectivity index (χ1) is 12.4. The standard InChI is InChI=1S/C18H37N3O4/c1-19-18(20-8-3-4-10-23-15-14-22-2)21-9-5-11-25-16-17-6-12-24-13-7-17/h17H,3-16H2,1-2H3,(H2,19,20,21). The van der Waals surface area contributed by atoms with Crippen LogP contribution < -0.4 is 10.6 Å². The van der Waals surface area contributed by atoms with Crippen LogP contribution >= 0.6 is 0 Å². The molecule has 1 rings (SSSR count). The van der Waals surface area contributed by atoms with Crippen LogP contribution in [0.4, 0.5) is 0 Å². The molecule has 0 radical (unpaired) electrons. The molecule has 2 N–H and O–H groups in total. The zero-order chi connectivity index (χ0) is 18.0. The van der Waals surface area contributed by atoms with Crippen molar-refractivity contribution in [3.63, 3.8) is 0 Å². The highest BCUT2D eigenvalue weighted by atomic mass is 16.5. The number of aliphatic imine (C=N–C) groups is 1. The Morgan fingerprint density at radius 2 is 1.68 bits per heavy atom. The quantitative estimate of drug-likeness (QED) is 0.278. The monoisotopic (exact) mass is 359 g/mol. The number of unbranched alkanes of at least 4 members (excludes halogenated alkanes) is 1. The number of ether oxygens (including phenoxy) is 4. The lowest BCUT2D eigenvalue weighted by Crippen LogP contribution is -2.38. The van der Waals surface area contributed by atoms with Gasteiger partial charge < -0.3 is 29.6 Å². The number of hydrogen-bond acceptors (Lipinski definition) is 5. The minimum absolute atomic E-state index is 0.660. The third-order valence-corrected chi connectivity index (χ3v) is 4.12. The summed E-state index contributed by atoms with van der Waals surface area (Å²) in [5, 5.41) is 6.64. The maximum Gasteiger partial charge on any atom is 0.190 e. The van der Waals surface area contributed by atoms with Gasteiger partial charge in [-0.25, -0.2) is 0 Å². The van der Waals surface area contributed by atoms with Crippen molar-refractivity contribution in [2.24, 2.45) is 10.9 Å². The lowest BCUT2D eigenvalue weighted by Gasteiger charge is -2.21. The first-order valence-electron chi connectivity index (χ1n) is 9.53. The Kier molecular flexibility index (Phi) is 14.7. The molecule has 0 amide bonds. The molecule has 1 saturated heterocycles. The second kappa shape index (κ2) is 16.6.